The van der Waals surface area contributed by atoms with Crippen LogP contribution in [0.1, 0.15) is 72.1 Å². The van der Waals surface area contributed by atoms with E-state index in [9.17, 15) is 4.79 Å². The molecule has 2 aliphatic rings. The van der Waals surface area contributed by atoms with E-state index >= 15 is 0 Å². The molecule has 2 fully saturated rings. The molecule has 0 aromatic heterocycles. The predicted octanol–water partition coefficient (Wildman–Crippen LogP) is 4.13. The van der Waals surface area contributed by atoms with Crippen molar-refractivity contribution in [3.63, 3.8) is 0 Å². The van der Waals surface area contributed by atoms with Crippen LogP contribution in [0.25, 0.3) is 0 Å². The van der Waals surface area contributed by atoms with Gasteiger partial charge < -0.3 is 0 Å². The predicted molar refractivity (Wildman–Crippen MR) is 83.5 cm³/mol. The molecule has 0 bridgehead atoms. The molecule has 114 valence electrons. The molecule has 0 spiro atoms. The van der Waals surface area contributed by atoms with Gasteiger partial charge in [0.2, 0.25) is 5.91 Å². The minimum Gasteiger partial charge on any atom is -0.273 e. The number of nitrogens with zero attached hydrogens (tertiary/aromatic N) is 1. The quantitative estimate of drug-likeness (QED) is 0.612. The maximum absolute atomic E-state index is 12.2. The van der Waals surface area contributed by atoms with Gasteiger partial charge in [-0.1, -0.05) is 39.5 Å². The number of carbonyl (C=O) groups is 1. The summed E-state index contributed by atoms with van der Waals surface area (Å²) in [4.78, 5) is 12.2. The van der Waals surface area contributed by atoms with E-state index in [-0.39, 0.29) is 11.8 Å². The highest BCUT2D eigenvalue weighted by Gasteiger charge is 2.28. The summed E-state index contributed by atoms with van der Waals surface area (Å²) >= 11 is 0. The highest BCUT2D eigenvalue weighted by atomic mass is 16.2. The summed E-state index contributed by atoms with van der Waals surface area (Å²) < 4.78 is 0. The molecule has 0 aliphatic heterocycles. The third-order valence-corrected chi connectivity index (χ3v) is 5.40. The maximum Gasteiger partial charge on any atom is 0.243 e. The summed E-state index contributed by atoms with van der Waals surface area (Å²) in [5, 5.41) is 4.40. The molecule has 2 saturated carbocycles. The molecule has 0 aromatic rings. The van der Waals surface area contributed by atoms with Crippen molar-refractivity contribution >= 4 is 11.6 Å². The Labute approximate surface area is 123 Å². The van der Waals surface area contributed by atoms with Crippen molar-refractivity contribution in [1.29, 1.82) is 0 Å². The lowest BCUT2D eigenvalue weighted by Crippen LogP contribution is -2.34. The summed E-state index contributed by atoms with van der Waals surface area (Å²) in [5.41, 5.74) is 3.96. The van der Waals surface area contributed by atoms with Gasteiger partial charge in [-0.2, -0.15) is 5.10 Å². The van der Waals surface area contributed by atoms with Gasteiger partial charge in [-0.15, -0.1) is 0 Å². The molecular formula is C17H30N2O. The Morgan fingerprint density at radius 2 is 1.65 bits per heavy atom. The van der Waals surface area contributed by atoms with Crippen molar-refractivity contribution in [2.24, 2.45) is 28.8 Å². The van der Waals surface area contributed by atoms with Gasteiger partial charge in [0, 0.05) is 11.6 Å². The van der Waals surface area contributed by atoms with Gasteiger partial charge in [-0.25, -0.2) is 5.43 Å². The Kier molecular flexibility index (Phi) is 5.62. The number of hydrazone groups is 1. The van der Waals surface area contributed by atoms with Crippen LogP contribution < -0.4 is 5.43 Å². The first kappa shape index (κ1) is 15.5. The molecular weight excluding hydrogens is 248 g/mol. The third kappa shape index (κ3) is 4.07. The zero-order valence-electron chi connectivity index (χ0n) is 13.3. The van der Waals surface area contributed by atoms with Crippen LogP contribution in [0.5, 0.6) is 0 Å². The molecule has 3 heteroatoms. The minimum atomic E-state index is 0.140. The second-order valence-electron chi connectivity index (χ2n) is 7.05. The highest BCUT2D eigenvalue weighted by Crippen LogP contribution is 2.30. The largest absolute Gasteiger partial charge is 0.273 e. The molecule has 0 aromatic carbocycles. The lowest BCUT2D eigenvalue weighted by atomic mass is 9.80. The second-order valence-corrected chi connectivity index (χ2v) is 7.05. The summed E-state index contributed by atoms with van der Waals surface area (Å²) in [7, 11) is 0. The van der Waals surface area contributed by atoms with Gasteiger partial charge >= 0.3 is 0 Å². The number of hydrogen-bond donors (Lipinski definition) is 1. The van der Waals surface area contributed by atoms with Gasteiger partial charge in [0.25, 0.3) is 0 Å². The van der Waals surface area contributed by atoms with E-state index < -0.39 is 0 Å². The normalized spacial score (nSPS) is 35.6. The molecule has 2 rings (SSSR count). The average molecular weight is 278 g/mol. The third-order valence-electron chi connectivity index (χ3n) is 5.40. The smallest absolute Gasteiger partial charge is 0.243 e. The Balaban J connectivity index is 1.83. The molecule has 1 amide bonds. The van der Waals surface area contributed by atoms with Crippen molar-refractivity contribution in [3.05, 3.63) is 0 Å². The molecule has 2 aliphatic carbocycles. The maximum atomic E-state index is 12.2. The highest BCUT2D eigenvalue weighted by molar-refractivity contribution is 5.86. The van der Waals surface area contributed by atoms with E-state index in [0.29, 0.717) is 11.8 Å². The zero-order valence-corrected chi connectivity index (χ0v) is 13.3. The first-order valence-electron chi connectivity index (χ1n) is 8.42. The van der Waals surface area contributed by atoms with Crippen LogP contribution in [0.3, 0.4) is 0 Å². The van der Waals surface area contributed by atoms with Gasteiger partial charge in [-0.05, 0) is 50.4 Å². The van der Waals surface area contributed by atoms with E-state index in [1.54, 1.807) is 0 Å². The number of hydrogen-bond acceptors (Lipinski definition) is 2. The van der Waals surface area contributed by atoms with E-state index in [1.807, 2.05) is 0 Å². The van der Waals surface area contributed by atoms with E-state index in [0.717, 1.165) is 18.1 Å². The molecule has 20 heavy (non-hydrogen) atoms. The molecule has 2 unspecified atom stereocenters. The molecule has 3 nitrogen and oxygen atoms in total. The van der Waals surface area contributed by atoms with Crippen molar-refractivity contribution < 1.29 is 4.79 Å². The second kappa shape index (κ2) is 7.24. The van der Waals surface area contributed by atoms with Crippen molar-refractivity contribution in [2.45, 2.75) is 72.1 Å². The van der Waals surface area contributed by atoms with Crippen LogP contribution >= 0.6 is 0 Å². The molecule has 1 N–H and O–H groups in total. The fourth-order valence-corrected chi connectivity index (χ4v) is 3.70. The van der Waals surface area contributed by atoms with Crippen molar-refractivity contribution in [2.75, 3.05) is 0 Å². The lowest BCUT2D eigenvalue weighted by Gasteiger charge is -2.28. The standard InChI is InChI=1S/C17H30N2O/c1-12-8-10-15(11-9-12)14(3)18-19-17(20)16-7-5-4-6-13(16)2/h12-13,15-16H,4-11H2,1-3H3,(H,19,20)/b18-14+. The Bertz CT molecular complexity index is 356. The van der Waals surface area contributed by atoms with Crippen LogP contribution in [0.4, 0.5) is 0 Å². The van der Waals surface area contributed by atoms with Gasteiger partial charge in [0.15, 0.2) is 0 Å². The van der Waals surface area contributed by atoms with Gasteiger partial charge in [0.05, 0.1) is 0 Å². The van der Waals surface area contributed by atoms with Crippen molar-refractivity contribution in [3.8, 4) is 0 Å². The Morgan fingerprint density at radius 1 is 1.00 bits per heavy atom. The fourth-order valence-electron chi connectivity index (χ4n) is 3.70. The first-order chi connectivity index (χ1) is 9.58. The van der Waals surface area contributed by atoms with Gasteiger partial charge in [0.1, 0.15) is 0 Å². The number of nitrogens with one attached hydrogen (secondary N) is 1. The molecule has 0 radical (unpaired) electrons. The van der Waals surface area contributed by atoms with E-state index in [2.05, 4.69) is 31.3 Å². The van der Waals surface area contributed by atoms with E-state index in [1.165, 1.54) is 44.9 Å². The topological polar surface area (TPSA) is 41.5 Å². The lowest BCUT2D eigenvalue weighted by molar-refractivity contribution is -0.127. The zero-order chi connectivity index (χ0) is 14.5. The molecule has 0 saturated heterocycles. The van der Waals surface area contributed by atoms with Crippen LogP contribution in [0.2, 0.25) is 0 Å². The van der Waals surface area contributed by atoms with Crippen LogP contribution in [-0.2, 0) is 4.79 Å². The Hall–Kier alpha value is -0.860. The first-order valence-corrected chi connectivity index (χ1v) is 8.42. The summed E-state index contributed by atoms with van der Waals surface area (Å²) in [6.45, 7) is 6.60. The molecule has 0 heterocycles. The Morgan fingerprint density at radius 3 is 2.30 bits per heavy atom. The van der Waals surface area contributed by atoms with Crippen LogP contribution in [0.15, 0.2) is 5.10 Å². The number of rotatable bonds is 3. The summed E-state index contributed by atoms with van der Waals surface area (Å²) in [6.07, 6.45) is 9.72. The monoisotopic (exact) mass is 278 g/mol. The minimum absolute atomic E-state index is 0.140. The van der Waals surface area contributed by atoms with Gasteiger partial charge in [-0.3, -0.25) is 4.79 Å². The SMILES string of the molecule is C/C(=N\NC(=O)C1CCCCC1C)C1CCC(C)CC1. The van der Waals surface area contributed by atoms with Crippen molar-refractivity contribution in [1.82, 2.24) is 5.43 Å². The van der Waals surface area contributed by atoms with Crippen LogP contribution in [-0.4, -0.2) is 11.6 Å². The summed E-state index contributed by atoms with van der Waals surface area (Å²) in [5.74, 6) is 2.26. The molecule has 2 atom stereocenters. The number of carbonyl (C=O) groups excluding carboxylic acids is 1. The summed E-state index contributed by atoms with van der Waals surface area (Å²) in [6, 6.07) is 0. The fraction of sp³-hybridized carbons (Fsp3) is 0.882. The average Bonchev–Trinajstić information content (AvgIpc) is 2.45. The van der Waals surface area contributed by atoms with Crippen LogP contribution in [0, 0.1) is 23.7 Å². The van der Waals surface area contributed by atoms with E-state index in [4.69, 9.17) is 0 Å². The number of amides is 1.